The molecule has 1 aromatic rings. The van der Waals surface area contributed by atoms with Crippen molar-refractivity contribution < 1.29 is 0 Å². The van der Waals surface area contributed by atoms with Gasteiger partial charge in [0.25, 0.3) is 5.56 Å². The number of aromatic nitrogens is 2. The van der Waals surface area contributed by atoms with Gasteiger partial charge in [-0.1, -0.05) is 12.0 Å². The Hall–Kier alpha value is -1.54. The molecule has 1 atom stereocenters. The van der Waals surface area contributed by atoms with E-state index in [1.165, 1.54) is 4.68 Å². The summed E-state index contributed by atoms with van der Waals surface area (Å²) in [6, 6.07) is 0.188. The quantitative estimate of drug-likeness (QED) is 0.668. The number of anilines is 1. The van der Waals surface area contributed by atoms with Crippen LogP contribution in [0.4, 0.5) is 5.69 Å². The van der Waals surface area contributed by atoms with Gasteiger partial charge in [-0.25, -0.2) is 4.68 Å². The Morgan fingerprint density at radius 3 is 3.12 bits per heavy atom. The van der Waals surface area contributed by atoms with Gasteiger partial charge in [0.15, 0.2) is 0 Å². The maximum absolute atomic E-state index is 11.8. The molecule has 0 aliphatic carbocycles. The number of terminal acetylenes is 1. The highest BCUT2D eigenvalue weighted by atomic mass is 79.9. The van der Waals surface area contributed by atoms with Gasteiger partial charge in [-0.15, -0.1) is 13.0 Å². The number of hydrogen-bond acceptors (Lipinski definition) is 3. The van der Waals surface area contributed by atoms with Crippen molar-refractivity contribution in [3.8, 4) is 12.3 Å². The standard InChI is InChI=1S/C12H14BrN3O/c1-4-6-9(3)15-10-8-14-16(7-5-2)12(17)11(10)13/h2,4,8-9,15H,1,6-7H2,3H3. The Bertz CT molecular complexity index is 501. The second-order valence-corrected chi connectivity index (χ2v) is 4.40. The first-order chi connectivity index (χ1) is 8.10. The number of nitrogens with zero attached hydrogens (tertiary/aromatic N) is 2. The van der Waals surface area contributed by atoms with Crippen LogP contribution in [0.25, 0.3) is 0 Å². The molecule has 1 unspecified atom stereocenters. The fraction of sp³-hybridized carbons (Fsp3) is 0.333. The summed E-state index contributed by atoms with van der Waals surface area (Å²) in [5.41, 5.74) is 0.427. The molecule has 0 aliphatic heterocycles. The molecule has 0 aliphatic rings. The third-order valence-corrected chi connectivity index (χ3v) is 2.91. The van der Waals surface area contributed by atoms with E-state index in [1.54, 1.807) is 6.20 Å². The summed E-state index contributed by atoms with van der Waals surface area (Å²) in [4.78, 5) is 11.8. The summed E-state index contributed by atoms with van der Waals surface area (Å²) >= 11 is 3.25. The number of hydrogen-bond donors (Lipinski definition) is 1. The summed E-state index contributed by atoms with van der Waals surface area (Å²) in [6.07, 6.45) is 9.36. The minimum absolute atomic E-state index is 0.167. The fourth-order valence-electron chi connectivity index (χ4n) is 1.34. The molecule has 0 amide bonds. The minimum Gasteiger partial charge on any atom is -0.380 e. The Labute approximate surface area is 109 Å². The second-order valence-electron chi connectivity index (χ2n) is 3.61. The van der Waals surface area contributed by atoms with Gasteiger partial charge in [0.2, 0.25) is 0 Å². The van der Waals surface area contributed by atoms with Crippen LogP contribution in [-0.2, 0) is 6.54 Å². The van der Waals surface area contributed by atoms with E-state index >= 15 is 0 Å². The van der Waals surface area contributed by atoms with Gasteiger partial charge in [0.1, 0.15) is 11.0 Å². The van der Waals surface area contributed by atoms with Crippen LogP contribution in [0.3, 0.4) is 0 Å². The fourth-order valence-corrected chi connectivity index (χ4v) is 1.76. The lowest BCUT2D eigenvalue weighted by Crippen LogP contribution is -2.25. The Balaban J connectivity index is 2.97. The molecule has 0 aromatic carbocycles. The zero-order valence-corrected chi connectivity index (χ0v) is 11.2. The molecule has 0 spiro atoms. The molecule has 4 nitrogen and oxygen atoms in total. The smallest absolute Gasteiger partial charge is 0.284 e. The van der Waals surface area contributed by atoms with E-state index in [0.29, 0.717) is 10.2 Å². The Morgan fingerprint density at radius 2 is 2.53 bits per heavy atom. The molecule has 0 bridgehead atoms. The van der Waals surface area contributed by atoms with Crippen molar-refractivity contribution in [3.63, 3.8) is 0 Å². The third-order valence-electron chi connectivity index (χ3n) is 2.15. The van der Waals surface area contributed by atoms with Crippen LogP contribution < -0.4 is 10.9 Å². The molecule has 0 radical (unpaired) electrons. The van der Waals surface area contributed by atoms with Crippen molar-refractivity contribution in [3.05, 3.63) is 33.7 Å². The predicted molar refractivity (Wildman–Crippen MR) is 72.9 cm³/mol. The first-order valence-corrected chi connectivity index (χ1v) is 5.96. The van der Waals surface area contributed by atoms with Crippen LogP contribution in [0.5, 0.6) is 0 Å². The lowest BCUT2D eigenvalue weighted by Gasteiger charge is -2.14. The summed E-state index contributed by atoms with van der Waals surface area (Å²) < 4.78 is 1.67. The third kappa shape index (κ3) is 3.46. The highest BCUT2D eigenvalue weighted by Gasteiger charge is 2.09. The van der Waals surface area contributed by atoms with Gasteiger partial charge in [-0.3, -0.25) is 4.79 Å². The summed E-state index contributed by atoms with van der Waals surface area (Å²) in [5.74, 6) is 2.38. The summed E-state index contributed by atoms with van der Waals surface area (Å²) in [5, 5.41) is 7.16. The molecule has 5 heteroatoms. The zero-order valence-electron chi connectivity index (χ0n) is 9.61. The first kappa shape index (κ1) is 13.5. The van der Waals surface area contributed by atoms with Gasteiger partial charge in [0.05, 0.1) is 11.9 Å². The molecule has 0 saturated heterocycles. The molecule has 0 fully saturated rings. The number of nitrogens with one attached hydrogen (secondary N) is 1. The summed E-state index contributed by atoms with van der Waals surface area (Å²) in [6.45, 7) is 5.83. The van der Waals surface area contributed by atoms with E-state index in [2.05, 4.69) is 38.8 Å². The van der Waals surface area contributed by atoms with Gasteiger partial charge in [-0.05, 0) is 29.3 Å². The van der Waals surface area contributed by atoms with E-state index in [0.717, 1.165) is 6.42 Å². The zero-order chi connectivity index (χ0) is 12.8. The SMILES string of the molecule is C#CCn1ncc(NC(C)CC=C)c(Br)c1=O. The lowest BCUT2D eigenvalue weighted by molar-refractivity contribution is 0.657. The van der Waals surface area contributed by atoms with Crippen molar-refractivity contribution in [2.45, 2.75) is 25.9 Å². The van der Waals surface area contributed by atoms with Gasteiger partial charge < -0.3 is 5.32 Å². The Kier molecular flexibility index (Phi) is 4.98. The first-order valence-electron chi connectivity index (χ1n) is 5.16. The van der Waals surface area contributed by atoms with Crippen LogP contribution in [0.1, 0.15) is 13.3 Å². The van der Waals surface area contributed by atoms with E-state index in [1.807, 2.05) is 13.0 Å². The normalized spacial score (nSPS) is 11.6. The second kappa shape index (κ2) is 6.26. The maximum Gasteiger partial charge on any atom is 0.284 e. The minimum atomic E-state index is -0.237. The molecular weight excluding hydrogens is 282 g/mol. The van der Waals surface area contributed by atoms with Crippen LogP contribution in [0, 0.1) is 12.3 Å². The molecule has 1 aromatic heterocycles. The van der Waals surface area contributed by atoms with Crippen LogP contribution in [0.2, 0.25) is 0 Å². The molecule has 0 saturated carbocycles. The Morgan fingerprint density at radius 1 is 1.82 bits per heavy atom. The molecular formula is C12H14BrN3O. The van der Waals surface area contributed by atoms with Gasteiger partial charge in [-0.2, -0.15) is 5.10 Å². The monoisotopic (exact) mass is 295 g/mol. The van der Waals surface area contributed by atoms with Crippen molar-refractivity contribution in [2.75, 3.05) is 5.32 Å². The van der Waals surface area contributed by atoms with E-state index in [4.69, 9.17) is 6.42 Å². The largest absolute Gasteiger partial charge is 0.380 e. The van der Waals surface area contributed by atoms with Crippen molar-refractivity contribution in [1.29, 1.82) is 0 Å². The van der Waals surface area contributed by atoms with E-state index in [9.17, 15) is 4.79 Å². The van der Waals surface area contributed by atoms with Crippen LogP contribution >= 0.6 is 15.9 Å². The molecule has 90 valence electrons. The van der Waals surface area contributed by atoms with Crippen LogP contribution in [-0.4, -0.2) is 15.8 Å². The van der Waals surface area contributed by atoms with Gasteiger partial charge >= 0.3 is 0 Å². The number of halogens is 1. The highest BCUT2D eigenvalue weighted by Crippen LogP contribution is 2.17. The molecule has 17 heavy (non-hydrogen) atoms. The van der Waals surface area contributed by atoms with Crippen molar-refractivity contribution in [2.24, 2.45) is 0 Å². The molecule has 1 N–H and O–H groups in total. The van der Waals surface area contributed by atoms with E-state index in [-0.39, 0.29) is 18.1 Å². The highest BCUT2D eigenvalue weighted by molar-refractivity contribution is 9.10. The average molecular weight is 296 g/mol. The number of rotatable bonds is 5. The maximum atomic E-state index is 11.8. The average Bonchev–Trinajstić information content (AvgIpc) is 2.29. The van der Waals surface area contributed by atoms with Crippen molar-refractivity contribution in [1.82, 2.24) is 9.78 Å². The lowest BCUT2D eigenvalue weighted by atomic mass is 10.2. The summed E-state index contributed by atoms with van der Waals surface area (Å²) in [7, 11) is 0. The molecule has 1 heterocycles. The van der Waals surface area contributed by atoms with Gasteiger partial charge in [0, 0.05) is 6.04 Å². The van der Waals surface area contributed by atoms with E-state index < -0.39 is 0 Å². The predicted octanol–water partition coefficient (Wildman–Crippen LogP) is 2.02. The van der Waals surface area contributed by atoms with Crippen molar-refractivity contribution >= 4 is 21.6 Å². The molecule has 1 rings (SSSR count). The topological polar surface area (TPSA) is 46.9 Å². The van der Waals surface area contributed by atoms with Crippen LogP contribution in [0.15, 0.2) is 28.1 Å².